The molecule has 0 aliphatic carbocycles. The van der Waals surface area contributed by atoms with E-state index in [0.29, 0.717) is 18.0 Å². The Kier molecular flexibility index (Phi) is 4.53. The largest absolute Gasteiger partial charge is 0.355 e. The highest BCUT2D eigenvalue weighted by molar-refractivity contribution is 5.81. The molecule has 1 fully saturated rings. The lowest BCUT2D eigenvalue weighted by molar-refractivity contribution is -0.123. The third-order valence-corrected chi connectivity index (χ3v) is 3.72. The van der Waals surface area contributed by atoms with Gasteiger partial charge in [0, 0.05) is 6.54 Å². The van der Waals surface area contributed by atoms with Crippen molar-refractivity contribution in [2.75, 3.05) is 13.1 Å². The minimum atomic E-state index is -0.169. The molecule has 0 aromatic heterocycles. The van der Waals surface area contributed by atoms with Crippen molar-refractivity contribution in [3.05, 3.63) is 35.1 Å². The van der Waals surface area contributed by atoms with Crippen LogP contribution in [0.1, 0.15) is 36.8 Å². The van der Waals surface area contributed by atoms with E-state index in [4.69, 9.17) is 0 Å². The zero-order valence-electron chi connectivity index (χ0n) is 11.5. The second-order valence-corrected chi connectivity index (χ2v) is 5.13. The van der Waals surface area contributed by atoms with Crippen molar-refractivity contribution >= 4 is 5.91 Å². The smallest absolute Gasteiger partial charge is 0.237 e. The van der Waals surface area contributed by atoms with Crippen molar-refractivity contribution in [3.8, 4) is 0 Å². The number of carbonyl (C=O) groups excluding carboxylic acids is 1. The molecule has 19 heavy (non-hydrogen) atoms. The molecule has 0 saturated carbocycles. The lowest BCUT2D eigenvalue weighted by Crippen LogP contribution is -2.48. The first-order valence-corrected chi connectivity index (χ1v) is 6.89. The SMILES string of the molecule is CCNC(=O)C1CC(c2ccc(F)c(C)c2)CCN1. The first-order chi connectivity index (χ1) is 9.11. The summed E-state index contributed by atoms with van der Waals surface area (Å²) in [6.07, 6.45) is 1.76. The van der Waals surface area contributed by atoms with E-state index >= 15 is 0 Å². The summed E-state index contributed by atoms with van der Waals surface area (Å²) in [5.41, 5.74) is 1.81. The van der Waals surface area contributed by atoms with Gasteiger partial charge in [-0.05, 0) is 56.3 Å². The van der Waals surface area contributed by atoms with Gasteiger partial charge in [-0.2, -0.15) is 0 Å². The summed E-state index contributed by atoms with van der Waals surface area (Å²) >= 11 is 0. The summed E-state index contributed by atoms with van der Waals surface area (Å²) in [6.45, 7) is 5.17. The highest BCUT2D eigenvalue weighted by Gasteiger charge is 2.27. The van der Waals surface area contributed by atoms with Crippen molar-refractivity contribution in [1.82, 2.24) is 10.6 Å². The molecule has 2 atom stereocenters. The zero-order valence-corrected chi connectivity index (χ0v) is 11.5. The van der Waals surface area contributed by atoms with Gasteiger partial charge in [-0.25, -0.2) is 4.39 Å². The average molecular weight is 264 g/mol. The molecule has 1 aliphatic heterocycles. The lowest BCUT2D eigenvalue weighted by atomic mass is 9.85. The molecule has 1 aliphatic rings. The van der Waals surface area contributed by atoms with Gasteiger partial charge in [0.1, 0.15) is 5.82 Å². The van der Waals surface area contributed by atoms with Crippen molar-refractivity contribution in [2.24, 2.45) is 0 Å². The van der Waals surface area contributed by atoms with Gasteiger partial charge < -0.3 is 10.6 Å². The molecule has 1 amide bonds. The molecular formula is C15H21FN2O. The normalized spacial score (nSPS) is 23.1. The molecule has 0 bridgehead atoms. The number of halogens is 1. The van der Waals surface area contributed by atoms with Gasteiger partial charge in [0.05, 0.1) is 6.04 Å². The minimum Gasteiger partial charge on any atom is -0.355 e. The van der Waals surface area contributed by atoms with Crippen LogP contribution in [-0.2, 0) is 4.79 Å². The molecule has 1 saturated heterocycles. The number of hydrogen-bond donors (Lipinski definition) is 2. The molecule has 2 unspecified atom stereocenters. The Balaban J connectivity index is 2.08. The van der Waals surface area contributed by atoms with Crippen molar-refractivity contribution in [3.63, 3.8) is 0 Å². The second-order valence-electron chi connectivity index (χ2n) is 5.13. The Morgan fingerprint density at radius 2 is 2.32 bits per heavy atom. The highest BCUT2D eigenvalue weighted by Crippen LogP contribution is 2.28. The maximum atomic E-state index is 13.3. The molecule has 4 heteroatoms. The Morgan fingerprint density at radius 1 is 1.53 bits per heavy atom. The molecular weight excluding hydrogens is 243 g/mol. The third-order valence-electron chi connectivity index (χ3n) is 3.72. The van der Waals surface area contributed by atoms with Crippen LogP contribution in [0.4, 0.5) is 4.39 Å². The van der Waals surface area contributed by atoms with Crippen LogP contribution < -0.4 is 10.6 Å². The van der Waals surface area contributed by atoms with Gasteiger partial charge in [-0.15, -0.1) is 0 Å². The zero-order chi connectivity index (χ0) is 13.8. The third kappa shape index (κ3) is 3.32. The van der Waals surface area contributed by atoms with E-state index < -0.39 is 0 Å². The summed E-state index contributed by atoms with van der Waals surface area (Å²) in [7, 11) is 0. The van der Waals surface area contributed by atoms with Crippen LogP contribution in [0.25, 0.3) is 0 Å². The van der Waals surface area contributed by atoms with Crippen molar-refractivity contribution in [2.45, 2.75) is 38.6 Å². The van der Waals surface area contributed by atoms with Crippen molar-refractivity contribution in [1.29, 1.82) is 0 Å². The topological polar surface area (TPSA) is 41.1 Å². The van der Waals surface area contributed by atoms with E-state index in [9.17, 15) is 9.18 Å². The van der Waals surface area contributed by atoms with E-state index in [2.05, 4.69) is 10.6 Å². The Labute approximate surface area is 113 Å². The number of aryl methyl sites for hydroxylation is 1. The number of likely N-dealkylation sites (N-methyl/N-ethyl adjacent to an activating group) is 1. The molecule has 3 nitrogen and oxygen atoms in total. The predicted octanol–water partition coefficient (Wildman–Crippen LogP) is 2.11. The fourth-order valence-corrected chi connectivity index (χ4v) is 2.64. The number of rotatable bonds is 3. The Morgan fingerprint density at radius 3 is 3.00 bits per heavy atom. The number of carbonyl (C=O) groups is 1. The van der Waals surface area contributed by atoms with Crippen LogP contribution in [0.3, 0.4) is 0 Å². The fraction of sp³-hybridized carbons (Fsp3) is 0.533. The first kappa shape index (κ1) is 14.0. The monoisotopic (exact) mass is 264 g/mol. The van der Waals surface area contributed by atoms with E-state index in [-0.39, 0.29) is 17.8 Å². The van der Waals surface area contributed by atoms with Crippen LogP contribution in [0.2, 0.25) is 0 Å². The molecule has 0 spiro atoms. The predicted molar refractivity (Wildman–Crippen MR) is 73.6 cm³/mol. The number of piperidine rings is 1. The van der Waals surface area contributed by atoms with Crippen LogP contribution in [0.15, 0.2) is 18.2 Å². The minimum absolute atomic E-state index is 0.0611. The second kappa shape index (κ2) is 6.15. The number of amides is 1. The molecule has 1 aromatic carbocycles. The molecule has 1 aromatic rings. The maximum Gasteiger partial charge on any atom is 0.237 e. The summed E-state index contributed by atoms with van der Waals surface area (Å²) < 4.78 is 13.3. The van der Waals surface area contributed by atoms with Gasteiger partial charge in [0.15, 0.2) is 0 Å². The van der Waals surface area contributed by atoms with E-state index in [1.54, 1.807) is 6.92 Å². The highest BCUT2D eigenvalue weighted by atomic mass is 19.1. The Bertz CT molecular complexity index is 461. The van der Waals surface area contributed by atoms with Gasteiger partial charge in [-0.3, -0.25) is 4.79 Å². The summed E-state index contributed by atoms with van der Waals surface area (Å²) in [4.78, 5) is 11.9. The van der Waals surface area contributed by atoms with Crippen molar-refractivity contribution < 1.29 is 9.18 Å². The molecule has 2 N–H and O–H groups in total. The number of nitrogens with one attached hydrogen (secondary N) is 2. The van der Waals surface area contributed by atoms with Gasteiger partial charge in [0.25, 0.3) is 0 Å². The first-order valence-electron chi connectivity index (χ1n) is 6.89. The van der Waals surface area contributed by atoms with Crippen LogP contribution in [0.5, 0.6) is 0 Å². The summed E-state index contributed by atoms with van der Waals surface area (Å²) in [6, 6.07) is 5.13. The number of benzene rings is 1. The van der Waals surface area contributed by atoms with E-state index in [0.717, 1.165) is 24.9 Å². The van der Waals surface area contributed by atoms with E-state index in [1.165, 1.54) is 6.07 Å². The van der Waals surface area contributed by atoms with Gasteiger partial charge >= 0.3 is 0 Å². The van der Waals surface area contributed by atoms with Gasteiger partial charge in [-0.1, -0.05) is 12.1 Å². The quantitative estimate of drug-likeness (QED) is 0.878. The maximum absolute atomic E-state index is 13.3. The van der Waals surface area contributed by atoms with Crippen LogP contribution in [0, 0.1) is 12.7 Å². The lowest BCUT2D eigenvalue weighted by Gasteiger charge is -2.30. The molecule has 0 radical (unpaired) electrons. The standard InChI is InChI=1S/C15H21FN2O/c1-3-17-15(19)14-9-12(6-7-18-14)11-4-5-13(16)10(2)8-11/h4-5,8,12,14,18H,3,6-7,9H2,1-2H3,(H,17,19). The fourth-order valence-electron chi connectivity index (χ4n) is 2.64. The summed E-state index contributed by atoms with van der Waals surface area (Å²) in [5.74, 6) is 0.220. The van der Waals surface area contributed by atoms with E-state index in [1.807, 2.05) is 19.1 Å². The molecule has 104 valence electrons. The van der Waals surface area contributed by atoms with Crippen LogP contribution in [-0.4, -0.2) is 25.0 Å². The average Bonchev–Trinajstić information content (AvgIpc) is 2.42. The molecule has 2 rings (SSSR count). The summed E-state index contributed by atoms with van der Waals surface area (Å²) in [5, 5.41) is 6.09. The van der Waals surface area contributed by atoms with Gasteiger partial charge in [0.2, 0.25) is 5.91 Å². The van der Waals surface area contributed by atoms with Crippen LogP contribution >= 0.6 is 0 Å². The number of hydrogen-bond acceptors (Lipinski definition) is 2. The Hall–Kier alpha value is -1.42. The molecule has 1 heterocycles.